The van der Waals surface area contributed by atoms with Crippen molar-refractivity contribution in [1.82, 2.24) is 24.9 Å². The van der Waals surface area contributed by atoms with E-state index in [2.05, 4.69) is 198 Å². The normalized spacial score (nSPS) is 10.5. The largest absolute Gasteiger partial charge is 0.489 e. The summed E-state index contributed by atoms with van der Waals surface area (Å²) in [7, 11) is 0. The summed E-state index contributed by atoms with van der Waals surface area (Å²) in [6.07, 6.45) is 12.8. The average Bonchev–Trinajstić information content (AvgIpc) is 0.813. The number of carbonyl (C=O) groups excluding carboxylic acids is 1. The number of benzene rings is 16. The summed E-state index contributed by atoms with van der Waals surface area (Å²) in [5.74, 6) is 0.403. The first kappa shape index (κ1) is 99.9. The van der Waals surface area contributed by atoms with Gasteiger partial charge in [0.15, 0.2) is 0 Å². The molecule has 0 fully saturated rings. The monoisotopic (exact) mass is 1940 g/mol. The van der Waals surface area contributed by atoms with Gasteiger partial charge in [-0.05, 0) is 295 Å². The van der Waals surface area contributed by atoms with Crippen molar-refractivity contribution in [3.63, 3.8) is 0 Å². The van der Waals surface area contributed by atoms with Crippen LogP contribution >= 0.6 is 0 Å². The summed E-state index contributed by atoms with van der Waals surface area (Å²) < 4.78 is 18.9. The lowest BCUT2D eigenvalue weighted by Gasteiger charge is -2.12. The summed E-state index contributed by atoms with van der Waals surface area (Å²) in [5.41, 5.74) is 33.7. The Kier molecular flexibility index (Phi) is 32.6. The number of hydrogen-bond donors (Lipinski definition) is 6. The van der Waals surface area contributed by atoms with Crippen molar-refractivity contribution in [2.75, 3.05) is 31.9 Å². The van der Waals surface area contributed by atoms with E-state index in [1.54, 1.807) is 42.9 Å². The molecule has 22 heteroatoms. The molecule has 0 saturated heterocycles. The summed E-state index contributed by atoms with van der Waals surface area (Å²) in [6, 6.07) is 136. The Morgan fingerprint density at radius 3 is 0.973 bits per heavy atom. The van der Waals surface area contributed by atoms with Crippen molar-refractivity contribution < 1.29 is 18.8 Å². The molecule has 21 rings (SSSR count). The van der Waals surface area contributed by atoms with E-state index < -0.39 is 4.92 Å². The van der Waals surface area contributed by atoms with E-state index >= 15 is 0 Å². The van der Waals surface area contributed by atoms with E-state index in [-0.39, 0.29) is 17.4 Å². The van der Waals surface area contributed by atoms with E-state index in [1.165, 1.54) is 41.8 Å². The third-order valence-electron chi connectivity index (χ3n) is 24.6. The number of hydrogen-bond acceptors (Lipinski definition) is 19. The fourth-order valence-electron chi connectivity index (χ4n) is 16.9. The molecular formula is C127H96FN17O4. The minimum Gasteiger partial charge on any atom is -0.489 e. The van der Waals surface area contributed by atoms with Crippen molar-refractivity contribution in [2.45, 2.75) is 52.6 Å². The molecule has 5 aromatic heterocycles. The van der Waals surface area contributed by atoms with Crippen LogP contribution in [0.4, 0.5) is 72.6 Å². The Hall–Kier alpha value is -20.6. The lowest BCUT2D eigenvalue weighted by Crippen LogP contribution is -2.05. The van der Waals surface area contributed by atoms with Gasteiger partial charge in [0, 0.05) is 140 Å². The van der Waals surface area contributed by atoms with E-state index in [1.807, 2.05) is 267 Å². The van der Waals surface area contributed by atoms with Crippen molar-refractivity contribution >= 4 is 135 Å². The minimum atomic E-state index is -0.394. The Morgan fingerprint density at radius 2 is 0.638 bits per heavy atom. The second-order valence-corrected chi connectivity index (χ2v) is 34.9. The van der Waals surface area contributed by atoms with Crippen molar-refractivity contribution in [3.8, 4) is 91.7 Å². The second kappa shape index (κ2) is 48.7. The molecule has 16 aromatic carbocycles. The standard InChI is InChI=1S/C30H22FN3O.C25H20N4O.C25H19N3.C24H19N3.C23H16N4O2/c31-25-8-1-22(2-9-25)20-35-27-12-5-23(6-13-27)24-7-14-29-28(19-24)30(16-18-33-29)34-26-10-3-21(4-11-26)15-17-32;1-17(30)28-22-4-2-3-19(15-22)20-7-10-24-23(16-20)25(12-14-27-24)29-21-8-5-18(6-9-21)11-13-26;1-2-18-3-7-20(8-4-18)21-9-12-24-23(17-21)25(14-16-27-24)28-22-10-5-19(6-11-22)13-15-26;1-17-4-2-3-5-21(17)19-8-11-23-22(16-19)24(13-15-26-23)27-20-9-6-18(7-10-20)12-14-25;24-12-10-16-4-7-19(8-5-16)26-23-11-13-25-22-9-6-18(15-21(22)23)17-2-1-3-20(14-17)27(28)29/h1-14,16,18-19H,15,20H2,(H,33,34);2-10,12,14-16H,11H2,1H3,(H,27,29)(H,28,30);2-12,14,16-17H,1,13H2,(H,27,28);2-11,13,15-16H,12H2,1H3,(H,26,27);1-9,11,13-15H,10H2,(H,25,26). The van der Waals surface area contributed by atoms with Gasteiger partial charge in [0.05, 0.1) is 95.0 Å². The molecule has 21 nitrogen and oxygen atoms in total. The molecule has 0 atom stereocenters. The van der Waals surface area contributed by atoms with Gasteiger partial charge >= 0.3 is 0 Å². The van der Waals surface area contributed by atoms with Gasteiger partial charge in [0.2, 0.25) is 5.91 Å². The molecule has 0 aliphatic rings. The van der Waals surface area contributed by atoms with Gasteiger partial charge in [-0.25, -0.2) is 4.39 Å². The molecule has 0 aliphatic heterocycles. The van der Waals surface area contributed by atoms with Gasteiger partial charge in [0.1, 0.15) is 18.2 Å². The fourth-order valence-corrected chi connectivity index (χ4v) is 16.9. The summed E-state index contributed by atoms with van der Waals surface area (Å²) in [4.78, 5) is 44.5. The summed E-state index contributed by atoms with van der Waals surface area (Å²) in [6.45, 7) is 7.82. The van der Waals surface area contributed by atoms with Crippen LogP contribution in [0.1, 0.15) is 51.4 Å². The average molecular weight is 1940 g/mol. The maximum Gasteiger partial charge on any atom is 0.270 e. The van der Waals surface area contributed by atoms with E-state index in [0.717, 1.165) is 206 Å². The molecule has 149 heavy (non-hydrogen) atoms. The van der Waals surface area contributed by atoms with E-state index in [9.17, 15) is 19.3 Å². The van der Waals surface area contributed by atoms with Gasteiger partial charge in [0.25, 0.3) is 5.69 Å². The number of amides is 1. The van der Waals surface area contributed by atoms with Crippen molar-refractivity contribution in [1.29, 1.82) is 26.3 Å². The number of nitrogens with one attached hydrogen (secondary N) is 6. The molecule has 0 radical (unpaired) electrons. The number of pyridine rings is 5. The number of fused-ring (bicyclic) bond motifs is 5. The number of aromatic nitrogens is 5. The Bertz CT molecular complexity index is 8640. The highest BCUT2D eigenvalue weighted by atomic mass is 19.1. The predicted octanol–water partition coefficient (Wildman–Crippen LogP) is 31.1. The third-order valence-corrected chi connectivity index (χ3v) is 24.6. The Morgan fingerprint density at radius 1 is 0.336 bits per heavy atom. The molecule has 0 spiro atoms. The lowest BCUT2D eigenvalue weighted by molar-refractivity contribution is -0.384. The number of non-ortho nitro benzene ring substituents is 1. The Balaban J connectivity index is 0.000000127. The number of anilines is 11. The van der Waals surface area contributed by atoms with Gasteiger partial charge in [-0.1, -0.05) is 201 Å². The molecular weight excluding hydrogens is 1850 g/mol. The Labute approximate surface area is 861 Å². The summed E-state index contributed by atoms with van der Waals surface area (Å²) >= 11 is 0. The van der Waals surface area contributed by atoms with Crippen LogP contribution in [0, 0.1) is 79.5 Å². The first-order valence-electron chi connectivity index (χ1n) is 47.9. The molecule has 0 bridgehead atoms. The molecule has 6 N–H and O–H groups in total. The smallest absolute Gasteiger partial charge is 0.270 e. The van der Waals surface area contributed by atoms with Crippen molar-refractivity contribution in [3.05, 3.63) is 486 Å². The van der Waals surface area contributed by atoms with Crippen molar-refractivity contribution in [2.24, 2.45) is 0 Å². The maximum atomic E-state index is 13.1. The molecule has 0 saturated carbocycles. The van der Waals surface area contributed by atoms with Gasteiger partial charge < -0.3 is 36.6 Å². The highest BCUT2D eigenvalue weighted by molar-refractivity contribution is 6.01. The van der Waals surface area contributed by atoms with E-state index in [0.29, 0.717) is 38.7 Å². The second-order valence-electron chi connectivity index (χ2n) is 34.9. The zero-order chi connectivity index (χ0) is 103. The highest BCUT2D eigenvalue weighted by Crippen LogP contribution is 2.39. The SMILES string of the molecule is C=Cc1ccc(-c2ccc3nccc(Nc4ccc(CC#N)cc4)c3c2)cc1.CC(=O)Nc1cccc(-c2ccc3nccc(Nc4ccc(CC#N)cc4)c3c2)c1.Cc1ccccc1-c1ccc2nccc(Nc3ccc(CC#N)cc3)c2c1.N#CCc1ccc(Nc2ccnc3ccc(-c4ccc(OCc5ccc(F)cc5)cc4)cc23)cc1.N#CCc1ccc(Nc2ccnc3ccc(-c4cccc([N+](=O)[O-])c4)cc23)cc1. The number of aryl methyl sites for hydroxylation is 1. The number of nitro benzene ring substituents is 1. The summed E-state index contributed by atoms with van der Waals surface area (Å²) in [5, 5.41) is 80.4. The minimum absolute atomic E-state index is 0.0598. The molecule has 720 valence electrons. The van der Waals surface area contributed by atoms with E-state index in [4.69, 9.17) is 31.0 Å². The molecule has 21 aromatic rings. The molecule has 0 aliphatic carbocycles. The number of nitro groups is 1. The third kappa shape index (κ3) is 26.4. The maximum absolute atomic E-state index is 13.1. The number of rotatable bonds is 26. The fraction of sp³-hybridized carbons (Fsp3) is 0.0630. The topological polar surface area (TPSA) is 325 Å². The highest BCUT2D eigenvalue weighted by Gasteiger charge is 2.17. The van der Waals surface area contributed by atoms with Crippen LogP contribution in [0.3, 0.4) is 0 Å². The van der Waals surface area contributed by atoms with Gasteiger partial charge in [-0.2, -0.15) is 26.3 Å². The first-order chi connectivity index (χ1) is 72.9. The number of nitriles is 5. The molecule has 5 heterocycles. The predicted molar refractivity (Wildman–Crippen MR) is 598 cm³/mol. The van der Waals surface area contributed by atoms with Crippen LogP contribution in [0.15, 0.2) is 426 Å². The number of nitrogens with zero attached hydrogens (tertiary/aromatic N) is 11. The molecule has 1 amide bonds. The first-order valence-corrected chi connectivity index (χ1v) is 47.9. The zero-order valence-electron chi connectivity index (χ0n) is 81.3. The molecule has 0 unspecified atom stereocenters. The van der Waals surface area contributed by atoms with Crippen LogP contribution in [0.25, 0.3) is 116 Å². The number of ether oxygens (including phenoxy) is 1. The van der Waals surface area contributed by atoms with Crippen LogP contribution < -0.4 is 36.6 Å². The van der Waals surface area contributed by atoms with Crippen LogP contribution in [-0.2, 0) is 43.5 Å². The van der Waals surface area contributed by atoms with Crippen LogP contribution in [0.2, 0.25) is 0 Å². The zero-order valence-corrected chi connectivity index (χ0v) is 81.3. The number of carbonyl (C=O) groups is 1. The van der Waals surface area contributed by atoms with Gasteiger partial charge in [-0.15, -0.1) is 0 Å². The lowest BCUT2D eigenvalue weighted by atomic mass is 9.98. The quantitative estimate of drug-likeness (QED) is 0.0217. The number of halogens is 1. The van der Waals surface area contributed by atoms with Crippen LogP contribution in [0.5, 0.6) is 5.75 Å². The van der Waals surface area contributed by atoms with Gasteiger partial charge in [-0.3, -0.25) is 39.8 Å². The van der Waals surface area contributed by atoms with Crippen LogP contribution in [-0.4, -0.2) is 35.8 Å².